The Balaban J connectivity index is 1.74. The molecule has 8 nitrogen and oxygen atoms in total. The number of rotatable bonds is 4. The fourth-order valence-electron chi connectivity index (χ4n) is 2.61. The highest BCUT2D eigenvalue weighted by molar-refractivity contribution is 5.86. The Kier molecular flexibility index (Phi) is 5.51. The molecule has 2 rings (SSSR count). The van der Waals surface area contributed by atoms with Crippen LogP contribution in [0.25, 0.3) is 0 Å². The number of hydrogen-bond acceptors (Lipinski definition) is 5. The minimum Gasteiger partial charge on any atom is -0.375 e. The molecule has 0 aromatic rings. The van der Waals surface area contributed by atoms with Crippen molar-refractivity contribution in [2.75, 3.05) is 39.9 Å². The van der Waals surface area contributed by atoms with Crippen LogP contribution in [0.2, 0.25) is 0 Å². The Morgan fingerprint density at radius 2 is 2.10 bits per heavy atom. The van der Waals surface area contributed by atoms with Gasteiger partial charge in [-0.1, -0.05) is 0 Å². The summed E-state index contributed by atoms with van der Waals surface area (Å²) in [4.78, 5) is 36.6. The number of amides is 3. The lowest BCUT2D eigenvalue weighted by molar-refractivity contribution is -0.136. The van der Waals surface area contributed by atoms with Gasteiger partial charge in [-0.15, -0.1) is 0 Å². The maximum absolute atomic E-state index is 12.3. The molecular weight excluding hydrogens is 276 g/mol. The molecule has 118 valence electrons. The van der Waals surface area contributed by atoms with E-state index in [0.29, 0.717) is 19.6 Å². The minimum absolute atomic E-state index is 0.0108. The van der Waals surface area contributed by atoms with Gasteiger partial charge >= 0.3 is 0 Å². The van der Waals surface area contributed by atoms with E-state index in [-0.39, 0.29) is 43.0 Å². The number of methoxy groups -OCH3 is 1. The number of likely N-dealkylation sites (tertiary alicyclic amines) is 1. The van der Waals surface area contributed by atoms with E-state index in [1.807, 2.05) is 0 Å². The molecule has 0 aliphatic carbocycles. The maximum Gasteiger partial charge on any atom is 0.246 e. The van der Waals surface area contributed by atoms with Crippen LogP contribution in [0.1, 0.15) is 12.8 Å². The molecule has 2 aliphatic rings. The van der Waals surface area contributed by atoms with Crippen molar-refractivity contribution in [1.29, 1.82) is 0 Å². The summed E-state index contributed by atoms with van der Waals surface area (Å²) in [6, 6.07) is -0.252. The second kappa shape index (κ2) is 7.37. The van der Waals surface area contributed by atoms with Gasteiger partial charge < -0.3 is 20.3 Å². The topological polar surface area (TPSA) is 99.8 Å². The molecule has 0 aromatic carbocycles. The lowest BCUT2D eigenvalue weighted by Gasteiger charge is -2.35. The summed E-state index contributed by atoms with van der Waals surface area (Å²) >= 11 is 0. The summed E-state index contributed by atoms with van der Waals surface area (Å²) in [5, 5.41) is 8.51. The third-order valence-corrected chi connectivity index (χ3v) is 3.76. The minimum atomic E-state index is -0.345. The summed E-state index contributed by atoms with van der Waals surface area (Å²) < 4.78 is 4.77. The molecule has 0 spiro atoms. The third-order valence-electron chi connectivity index (χ3n) is 3.76. The van der Waals surface area contributed by atoms with E-state index in [1.165, 1.54) is 7.11 Å². The lowest BCUT2D eigenvalue weighted by Crippen LogP contribution is -2.60. The predicted molar refractivity (Wildman–Crippen MR) is 74.4 cm³/mol. The number of ether oxygens (including phenoxy) is 1. The molecule has 0 radical (unpaired) electrons. The van der Waals surface area contributed by atoms with Crippen molar-refractivity contribution in [2.45, 2.75) is 24.9 Å². The van der Waals surface area contributed by atoms with Gasteiger partial charge in [0.2, 0.25) is 17.7 Å². The molecule has 3 amide bonds. The van der Waals surface area contributed by atoms with Gasteiger partial charge in [-0.3, -0.25) is 19.7 Å². The molecule has 3 N–H and O–H groups in total. The second-order valence-corrected chi connectivity index (χ2v) is 5.34. The van der Waals surface area contributed by atoms with Crippen LogP contribution in [-0.4, -0.2) is 74.6 Å². The molecule has 2 fully saturated rings. The molecular formula is C13H22N4O4. The number of carbonyl (C=O) groups is 3. The summed E-state index contributed by atoms with van der Waals surface area (Å²) in [5.74, 6) is -0.200. The van der Waals surface area contributed by atoms with Crippen molar-refractivity contribution < 1.29 is 19.1 Å². The zero-order valence-corrected chi connectivity index (χ0v) is 12.2. The molecule has 21 heavy (non-hydrogen) atoms. The first-order valence-corrected chi connectivity index (χ1v) is 7.17. The highest BCUT2D eigenvalue weighted by atomic mass is 16.5. The number of nitrogens with one attached hydrogen (secondary N) is 3. The monoisotopic (exact) mass is 298 g/mol. The highest BCUT2D eigenvalue weighted by Crippen LogP contribution is 2.12. The largest absolute Gasteiger partial charge is 0.375 e. The summed E-state index contributed by atoms with van der Waals surface area (Å²) in [6.45, 7) is 1.80. The normalized spacial score (nSPS) is 23.6. The van der Waals surface area contributed by atoms with E-state index < -0.39 is 0 Å². The van der Waals surface area contributed by atoms with E-state index in [9.17, 15) is 14.4 Å². The van der Waals surface area contributed by atoms with Crippen LogP contribution in [0, 0.1) is 0 Å². The van der Waals surface area contributed by atoms with Crippen LogP contribution in [0.4, 0.5) is 0 Å². The zero-order chi connectivity index (χ0) is 15.2. The van der Waals surface area contributed by atoms with Crippen molar-refractivity contribution in [2.24, 2.45) is 0 Å². The van der Waals surface area contributed by atoms with Gasteiger partial charge in [-0.2, -0.15) is 0 Å². The van der Waals surface area contributed by atoms with Crippen molar-refractivity contribution in [1.82, 2.24) is 20.9 Å². The molecule has 2 heterocycles. The average molecular weight is 298 g/mol. The van der Waals surface area contributed by atoms with Crippen LogP contribution < -0.4 is 16.0 Å². The zero-order valence-electron chi connectivity index (χ0n) is 12.2. The van der Waals surface area contributed by atoms with Crippen LogP contribution in [0.3, 0.4) is 0 Å². The van der Waals surface area contributed by atoms with Crippen molar-refractivity contribution in [3.05, 3.63) is 0 Å². The first-order chi connectivity index (χ1) is 10.1. The SMILES string of the molecule is COCC(=O)NC1CCN(C(=O)C2CNC(=O)CN2)CC1. The fourth-order valence-corrected chi connectivity index (χ4v) is 2.61. The standard InChI is InChI=1S/C13H22N4O4/c1-21-8-12(19)16-9-2-4-17(5-3-9)13(20)10-6-15-11(18)7-14-10/h9-10,14H,2-8H2,1H3,(H,15,18)(H,16,19). The molecule has 0 aromatic heterocycles. The van der Waals surface area contributed by atoms with Gasteiger partial charge in [0.1, 0.15) is 12.6 Å². The Labute approximate surface area is 123 Å². The number of nitrogens with zero attached hydrogens (tertiary/aromatic N) is 1. The molecule has 2 saturated heterocycles. The Hall–Kier alpha value is -1.67. The molecule has 0 saturated carbocycles. The summed E-state index contributed by atoms with van der Waals surface area (Å²) in [7, 11) is 1.48. The van der Waals surface area contributed by atoms with Crippen molar-refractivity contribution in [3.8, 4) is 0 Å². The number of carbonyl (C=O) groups excluding carboxylic acids is 3. The van der Waals surface area contributed by atoms with Crippen LogP contribution in [-0.2, 0) is 19.1 Å². The van der Waals surface area contributed by atoms with E-state index >= 15 is 0 Å². The highest BCUT2D eigenvalue weighted by Gasteiger charge is 2.30. The van der Waals surface area contributed by atoms with E-state index in [1.54, 1.807) is 4.90 Å². The number of piperazine rings is 1. The lowest BCUT2D eigenvalue weighted by atomic mass is 10.0. The number of piperidine rings is 1. The van der Waals surface area contributed by atoms with E-state index in [4.69, 9.17) is 4.74 Å². The van der Waals surface area contributed by atoms with Crippen molar-refractivity contribution >= 4 is 17.7 Å². The number of hydrogen-bond donors (Lipinski definition) is 3. The van der Waals surface area contributed by atoms with Gasteiger partial charge in [-0.25, -0.2) is 0 Å². The summed E-state index contributed by atoms with van der Waals surface area (Å²) in [6.07, 6.45) is 1.47. The van der Waals surface area contributed by atoms with Crippen LogP contribution >= 0.6 is 0 Å². The van der Waals surface area contributed by atoms with Gasteiger partial charge in [0.05, 0.1) is 6.54 Å². The molecule has 2 aliphatic heterocycles. The fraction of sp³-hybridized carbons (Fsp3) is 0.769. The molecule has 0 bridgehead atoms. The van der Waals surface area contributed by atoms with Crippen molar-refractivity contribution in [3.63, 3.8) is 0 Å². The average Bonchev–Trinajstić information content (AvgIpc) is 2.48. The van der Waals surface area contributed by atoms with Gasteiger partial charge in [0.25, 0.3) is 0 Å². The van der Waals surface area contributed by atoms with Crippen LogP contribution in [0.15, 0.2) is 0 Å². The smallest absolute Gasteiger partial charge is 0.246 e. The Morgan fingerprint density at radius 3 is 2.67 bits per heavy atom. The summed E-state index contributed by atoms with van der Waals surface area (Å²) in [5.41, 5.74) is 0. The van der Waals surface area contributed by atoms with E-state index in [2.05, 4.69) is 16.0 Å². The molecule has 8 heteroatoms. The van der Waals surface area contributed by atoms with Gasteiger partial charge in [-0.05, 0) is 12.8 Å². The maximum atomic E-state index is 12.3. The quantitative estimate of drug-likeness (QED) is 0.548. The predicted octanol–water partition coefficient (Wildman–Crippen LogP) is -2.17. The van der Waals surface area contributed by atoms with Gasteiger partial charge in [0, 0.05) is 32.8 Å². The Morgan fingerprint density at radius 1 is 1.38 bits per heavy atom. The first-order valence-electron chi connectivity index (χ1n) is 7.17. The second-order valence-electron chi connectivity index (χ2n) is 5.34. The third kappa shape index (κ3) is 4.40. The van der Waals surface area contributed by atoms with Gasteiger partial charge in [0.15, 0.2) is 0 Å². The van der Waals surface area contributed by atoms with E-state index in [0.717, 1.165) is 12.8 Å². The van der Waals surface area contributed by atoms with Crippen LogP contribution in [0.5, 0.6) is 0 Å². The Bertz CT molecular complexity index is 397. The first kappa shape index (κ1) is 15.7. The molecule has 1 unspecified atom stereocenters. The molecule has 1 atom stereocenters.